The van der Waals surface area contributed by atoms with Crippen LogP contribution >= 0.6 is 11.3 Å². The zero-order valence-electron chi connectivity index (χ0n) is 16.7. The lowest BCUT2D eigenvalue weighted by atomic mass is 10.00. The zero-order chi connectivity index (χ0) is 21.2. The predicted molar refractivity (Wildman–Crippen MR) is 119 cm³/mol. The molecular weight excluding hydrogens is 414 g/mol. The lowest BCUT2D eigenvalue weighted by Crippen LogP contribution is -2.43. The molecule has 1 fully saturated rings. The van der Waals surface area contributed by atoms with Crippen LogP contribution in [0.4, 0.5) is 16.5 Å². The van der Waals surface area contributed by atoms with Crippen LogP contribution in [0.1, 0.15) is 20.9 Å². The normalized spacial score (nSPS) is 16.2. The van der Waals surface area contributed by atoms with Crippen molar-refractivity contribution >= 4 is 39.7 Å². The number of fused-ring (bicyclic) bond motifs is 1. The van der Waals surface area contributed by atoms with Crippen molar-refractivity contribution in [1.29, 1.82) is 0 Å². The molecule has 0 spiro atoms. The number of amides is 2. The molecule has 0 aliphatic carbocycles. The van der Waals surface area contributed by atoms with E-state index in [-0.39, 0.29) is 16.8 Å². The molecule has 3 aromatic rings. The van der Waals surface area contributed by atoms with Crippen LogP contribution in [0.15, 0.2) is 42.7 Å². The van der Waals surface area contributed by atoms with Gasteiger partial charge in [-0.25, -0.2) is 0 Å². The average molecular weight is 436 g/mol. The molecule has 0 saturated carbocycles. The largest absolute Gasteiger partial charge is 0.367 e. The van der Waals surface area contributed by atoms with E-state index in [1.54, 1.807) is 17.3 Å². The van der Waals surface area contributed by atoms with Gasteiger partial charge in [-0.2, -0.15) is 0 Å². The highest BCUT2D eigenvalue weighted by molar-refractivity contribution is 7.17. The van der Waals surface area contributed by atoms with Gasteiger partial charge < -0.3 is 15.5 Å². The van der Waals surface area contributed by atoms with Gasteiger partial charge in [0.1, 0.15) is 0 Å². The fourth-order valence-electron chi connectivity index (χ4n) is 3.83. The lowest BCUT2D eigenvalue weighted by molar-refractivity contribution is -0.118. The Morgan fingerprint density at radius 1 is 1.10 bits per heavy atom. The van der Waals surface area contributed by atoms with Crippen molar-refractivity contribution in [3.8, 4) is 0 Å². The van der Waals surface area contributed by atoms with E-state index in [1.807, 2.05) is 30.3 Å². The smallest absolute Gasteiger partial charge is 0.286 e. The van der Waals surface area contributed by atoms with Gasteiger partial charge in [-0.3, -0.25) is 19.5 Å². The van der Waals surface area contributed by atoms with Gasteiger partial charge in [-0.1, -0.05) is 35.6 Å². The summed E-state index contributed by atoms with van der Waals surface area (Å²) in [5.74, 6) is -0.409. The summed E-state index contributed by atoms with van der Waals surface area (Å²) < 4.78 is 0. The minimum atomic E-state index is -0.363. The second-order valence-electron chi connectivity index (χ2n) is 7.40. The Bertz CT molecular complexity index is 1130. The van der Waals surface area contributed by atoms with Crippen molar-refractivity contribution in [2.75, 3.05) is 41.3 Å². The van der Waals surface area contributed by atoms with Crippen LogP contribution in [0.5, 0.6) is 0 Å². The van der Waals surface area contributed by atoms with Crippen molar-refractivity contribution in [3.63, 3.8) is 0 Å². The summed E-state index contributed by atoms with van der Waals surface area (Å²) in [5.41, 5.74) is 3.68. The Hall–Kier alpha value is -3.37. The molecule has 2 N–H and O–H groups in total. The standard InChI is InChI=1S/C21H21N7O2S/c29-18-11-14-3-1-2-4-15(14)13-28(18)21-26-25-20(31-21)19(30)24-16-12-23-6-5-17(16)27-9-7-22-8-10-27/h1-6,12,22H,7-11,13H2,(H,24,30). The third-order valence-corrected chi connectivity index (χ3v) is 6.38. The van der Waals surface area contributed by atoms with Gasteiger partial charge in [0.05, 0.1) is 30.5 Å². The molecular formula is C21H21N7O2S. The first-order valence-electron chi connectivity index (χ1n) is 10.1. The highest BCUT2D eigenvalue weighted by atomic mass is 32.1. The van der Waals surface area contributed by atoms with Gasteiger partial charge >= 0.3 is 0 Å². The number of pyridine rings is 1. The van der Waals surface area contributed by atoms with Crippen molar-refractivity contribution in [2.24, 2.45) is 0 Å². The maximum Gasteiger partial charge on any atom is 0.286 e. The summed E-state index contributed by atoms with van der Waals surface area (Å²) in [6.45, 7) is 3.93. The fraction of sp³-hybridized carbons (Fsp3) is 0.286. The molecule has 10 heteroatoms. The first-order chi connectivity index (χ1) is 15.2. The fourth-order valence-corrected chi connectivity index (χ4v) is 4.59. The van der Waals surface area contributed by atoms with E-state index < -0.39 is 0 Å². The molecule has 1 aromatic carbocycles. The summed E-state index contributed by atoms with van der Waals surface area (Å²) in [4.78, 5) is 33.4. The van der Waals surface area contributed by atoms with Gasteiger partial charge in [0, 0.05) is 32.4 Å². The van der Waals surface area contributed by atoms with Crippen LogP contribution < -0.4 is 20.4 Å². The van der Waals surface area contributed by atoms with Gasteiger partial charge in [0.25, 0.3) is 5.91 Å². The van der Waals surface area contributed by atoms with Crippen LogP contribution in [0.2, 0.25) is 0 Å². The summed E-state index contributed by atoms with van der Waals surface area (Å²) in [5, 5.41) is 15.0. The molecule has 5 rings (SSSR count). The molecule has 2 aliphatic heterocycles. The number of nitrogens with one attached hydrogen (secondary N) is 2. The monoisotopic (exact) mass is 435 g/mol. The Morgan fingerprint density at radius 2 is 1.90 bits per heavy atom. The maximum absolute atomic E-state index is 12.9. The first-order valence-corrected chi connectivity index (χ1v) is 10.9. The number of nitrogens with zero attached hydrogens (tertiary/aromatic N) is 5. The van der Waals surface area contributed by atoms with Crippen LogP contribution in [0, 0.1) is 0 Å². The minimum absolute atomic E-state index is 0.0462. The molecule has 2 aliphatic rings. The highest BCUT2D eigenvalue weighted by Gasteiger charge is 2.28. The van der Waals surface area contributed by atoms with E-state index in [0.29, 0.717) is 23.8 Å². The predicted octanol–water partition coefficient (Wildman–Crippen LogP) is 1.68. The van der Waals surface area contributed by atoms with E-state index in [0.717, 1.165) is 54.3 Å². The zero-order valence-corrected chi connectivity index (χ0v) is 17.6. The van der Waals surface area contributed by atoms with E-state index >= 15 is 0 Å². The molecule has 2 amide bonds. The van der Waals surface area contributed by atoms with E-state index in [2.05, 4.69) is 30.7 Å². The summed E-state index contributed by atoms with van der Waals surface area (Å²) in [6, 6.07) is 9.76. The van der Waals surface area contributed by atoms with Crippen LogP contribution in [0.3, 0.4) is 0 Å². The third-order valence-electron chi connectivity index (χ3n) is 5.43. The second-order valence-corrected chi connectivity index (χ2v) is 8.36. The van der Waals surface area contributed by atoms with Crippen LogP contribution in [-0.4, -0.2) is 53.2 Å². The van der Waals surface area contributed by atoms with Crippen molar-refractivity contribution in [2.45, 2.75) is 13.0 Å². The molecule has 0 radical (unpaired) electrons. The minimum Gasteiger partial charge on any atom is -0.367 e. The van der Waals surface area contributed by atoms with Crippen LogP contribution in [0.25, 0.3) is 0 Å². The molecule has 0 unspecified atom stereocenters. The number of hydrogen-bond acceptors (Lipinski definition) is 8. The van der Waals surface area contributed by atoms with E-state index in [4.69, 9.17) is 0 Å². The van der Waals surface area contributed by atoms with Gasteiger partial charge in [0.2, 0.25) is 16.0 Å². The quantitative estimate of drug-likeness (QED) is 0.643. The number of benzene rings is 1. The average Bonchev–Trinajstić information content (AvgIpc) is 3.30. The van der Waals surface area contributed by atoms with Crippen molar-refractivity contribution in [1.82, 2.24) is 20.5 Å². The molecule has 0 atom stereocenters. The highest BCUT2D eigenvalue weighted by Crippen LogP contribution is 2.29. The number of carbonyl (C=O) groups excluding carboxylic acids is 2. The second kappa shape index (κ2) is 8.40. The van der Waals surface area contributed by atoms with Crippen molar-refractivity contribution in [3.05, 3.63) is 58.9 Å². The molecule has 158 valence electrons. The summed E-state index contributed by atoms with van der Waals surface area (Å²) >= 11 is 1.11. The lowest BCUT2D eigenvalue weighted by Gasteiger charge is -2.30. The van der Waals surface area contributed by atoms with Gasteiger partial charge in [0.15, 0.2) is 0 Å². The number of rotatable bonds is 4. The van der Waals surface area contributed by atoms with Gasteiger partial charge in [-0.15, -0.1) is 10.2 Å². The maximum atomic E-state index is 12.9. The number of aromatic nitrogens is 3. The van der Waals surface area contributed by atoms with Gasteiger partial charge in [-0.05, 0) is 17.2 Å². The molecule has 9 nitrogen and oxygen atoms in total. The number of carbonyl (C=O) groups is 2. The molecule has 4 heterocycles. The van der Waals surface area contributed by atoms with Crippen LogP contribution in [-0.2, 0) is 17.8 Å². The van der Waals surface area contributed by atoms with E-state index in [9.17, 15) is 9.59 Å². The molecule has 31 heavy (non-hydrogen) atoms. The molecule has 2 aromatic heterocycles. The Balaban J connectivity index is 1.33. The number of piperazine rings is 1. The summed E-state index contributed by atoms with van der Waals surface area (Å²) in [7, 11) is 0. The number of hydrogen-bond donors (Lipinski definition) is 2. The topological polar surface area (TPSA) is 103 Å². The Kier molecular flexibility index (Phi) is 5.31. The van der Waals surface area contributed by atoms with Crippen molar-refractivity contribution < 1.29 is 9.59 Å². The number of anilines is 3. The third kappa shape index (κ3) is 3.99. The Morgan fingerprint density at radius 3 is 2.74 bits per heavy atom. The summed E-state index contributed by atoms with van der Waals surface area (Å²) in [6.07, 6.45) is 3.68. The Labute approximate surface area is 183 Å². The SMILES string of the molecule is O=C(Nc1cnccc1N1CCNCC1)c1nnc(N2Cc3ccccc3CC2=O)s1. The molecule has 1 saturated heterocycles. The van der Waals surface area contributed by atoms with E-state index in [1.165, 1.54) is 0 Å². The first kappa shape index (κ1) is 19.6. The molecule has 0 bridgehead atoms.